The van der Waals surface area contributed by atoms with Gasteiger partial charge in [-0.1, -0.05) is 13.0 Å². The van der Waals surface area contributed by atoms with Crippen LogP contribution in [0.4, 0.5) is 0 Å². The average molecular weight is 424 g/mol. The molecule has 0 aromatic carbocycles. The van der Waals surface area contributed by atoms with Crippen molar-refractivity contribution in [1.29, 1.82) is 0 Å². The van der Waals surface area contributed by atoms with Crippen molar-refractivity contribution in [3.05, 3.63) is 40.8 Å². The number of rotatable bonds is 7. The lowest BCUT2D eigenvalue weighted by Gasteiger charge is -2.29. The Labute approximate surface area is 184 Å². The van der Waals surface area contributed by atoms with Gasteiger partial charge in [-0.05, 0) is 82.1 Å². The van der Waals surface area contributed by atoms with Crippen molar-refractivity contribution in [2.24, 2.45) is 17.8 Å². The van der Waals surface area contributed by atoms with Gasteiger partial charge in [0.2, 0.25) is 5.88 Å². The summed E-state index contributed by atoms with van der Waals surface area (Å²) >= 11 is 0. The highest BCUT2D eigenvalue weighted by atomic mass is 16.5. The van der Waals surface area contributed by atoms with Gasteiger partial charge in [0.25, 0.3) is 0 Å². The third-order valence-corrected chi connectivity index (χ3v) is 7.67. The molecule has 6 heteroatoms. The van der Waals surface area contributed by atoms with Crippen molar-refractivity contribution in [2.75, 3.05) is 6.61 Å². The summed E-state index contributed by atoms with van der Waals surface area (Å²) in [6.45, 7) is 7.48. The van der Waals surface area contributed by atoms with Gasteiger partial charge in [-0.25, -0.2) is 9.78 Å². The molecule has 3 aliphatic carbocycles. The molecule has 3 aliphatic rings. The minimum Gasteiger partial charge on any atom is -0.474 e. The number of pyridine rings is 1. The molecule has 2 aromatic rings. The van der Waals surface area contributed by atoms with Gasteiger partial charge in [0.15, 0.2) is 5.69 Å². The summed E-state index contributed by atoms with van der Waals surface area (Å²) in [6.07, 6.45) is 8.74. The number of aryl methyl sites for hydroxylation is 2. The van der Waals surface area contributed by atoms with Crippen LogP contribution in [-0.4, -0.2) is 33.4 Å². The summed E-state index contributed by atoms with van der Waals surface area (Å²) in [5.41, 5.74) is 4.16. The van der Waals surface area contributed by atoms with E-state index in [-0.39, 0.29) is 12.1 Å². The zero-order chi connectivity index (χ0) is 21.5. The Bertz CT molecular complexity index is 961. The minimum atomic E-state index is -0.250. The largest absolute Gasteiger partial charge is 0.474 e. The molecule has 3 atom stereocenters. The highest BCUT2D eigenvalue weighted by Crippen LogP contribution is 2.62. The monoisotopic (exact) mass is 423 g/mol. The predicted octanol–water partition coefficient (Wildman–Crippen LogP) is 4.70. The van der Waals surface area contributed by atoms with E-state index in [2.05, 4.69) is 16.6 Å². The molecule has 0 spiro atoms. The molecule has 0 unspecified atom stereocenters. The van der Waals surface area contributed by atoms with Crippen LogP contribution in [0.1, 0.15) is 79.2 Å². The number of aromatic nitrogens is 3. The van der Waals surface area contributed by atoms with Crippen molar-refractivity contribution in [2.45, 2.75) is 77.9 Å². The van der Waals surface area contributed by atoms with E-state index in [9.17, 15) is 4.79 Å². The Kier molecular flexibility index (Phi) is 5.49. The Morgan fingerprint density at radius 1 is 1.26 bits per heavy atom. The first-order valence-electron chi connectivity index (χ1n) is 11.9. The van der Waals surface area contributed by atoms with E-state index >= 15 is 0 Å². The van der Waals surface area contributed by atoms with E-state index in [4.69, 9.17) is 14.6 Å². The van der Waals surface area contributed by atoms with Gasteiger partial charge in [-0.3, -0.25) is 4.68 Å². The third kappa shape index (κ3) is 3.85. The fourth-order valence-corrected chi connectivity index (χ4v) is 5.77. The van der Waals surface area contributed by atoms with E-state index in [0.29, 0.717) is 36.0 Å². The lowest BCUT2D eigenvalue weighted by Crippen LogP contribution is -2.25. The molecule has 166 valence electrons. The summed E-state index contributed by atoms with van der Waals surface area (Å²) < 4.78 is 13.6. The van der Waals surface area contributed by atoms with Crippen LogP contribution in [0.2, 0.25) is 0 Å². The summed E-state index contributed by atoms with van der Waals surface area (Å²) in [4.78, 5) is 16.9. The van der Waals surface area contributed by atoms with Gasteiger partial charge in [0.05, 0.1) is 6.61 Å². The van der Waals surface area contributed by atoms with E-state index in [1.54, 1.807) is 6.20 Å². The molecule has 0 amide bonds. The number of ether oxygens (including phenoxy) is 2. The fourth-order valence-electron chi connectivity index (χ4n) is 5.77. The van der Waals surface area contributed by atoms with E-state index in [1.807, 2.05) is 26.0 Å². The van der Waals surface area contributed by atoms with Crippen LogP contribution >= 0.6 is 0 Å². The molecule has 0 saturated heterocycles. The van der Waals surface area contributed by atoms with Crippen molar-refractivity contribution in [3.8, 4) is 5.88 Å². The first-order chi connectivity index (χ1) is 15.1. The van der Waals surface area contributed by atoms with E-state index < -0.39 is 0 Å². The van der Waals surface area contributed by atoms with Crippen LogP contribution in [0.25, 0.3) is 0 Å². The second-order valence-corrected chi connectivity index (χ2v) is 9.58. The van der Waals surface area contributed by atoms with Crippen molar-refractivity contribution >= 4 is 5.97 Å². The summed E-state index contributed by atoms with van der Waals surface area (Å²) in [5, 5.41) is 4.74. The van der Waals surface area contributed by atoms with Gasteiger partial charge in [-0.15, -0.1) is 0 Å². The molecule has 0 aliphatic heterocycles. The maximum absolute atomic E-state index is 12.5. The summed E-state index contributed by atoms with van der Waals surface area (Å²) in [7, 11) is 0. The molecule has 31 heavy (non-hydrogen) atoms. The number of carbonyl (C=O) groups excluding carboxylic acids is 1. The first kappa shape index (κ1) is 20.5. The van der Waals surface area contributed by atoms with Crippen molar-refractivity contribution in [1.82, 2.24) is 14.8 Å². The van der Waals surface area contributed by atoms with Crippen LogP contribution < -0.4 is 4.74 Å². The lowest BCUT2D eigenvalue weighted by molar-refractivity contribution is 0.0516. The topological polar surface area (TPSA) is 66.2 Å². The lowest BCUT2D eigenvalue weighted by atomic mass is 9.85. The fraction of sp³-hybridized carbons (Fsp3) is 0.640. The molecule has 2 heterocycles. The molecular formula is C25H33N3O3. The van der Waals surface area contributed by atoms with Crippen LogP contribution in [0.3, 0.4) is 0 Å². The molecule has 2 fully saturated rings. The number of nitrogens with zero attached hydrogens (tertiary/aromatic N) is 3. The van der Waals surface area contributed by atoms with E-state index in [0.717, 1.165) is 43.7 Å². The van der Waals surface area contributed by atoms with Gasteiger partial charge in [0.1, 0.15) is 6.10 Å². The summed E-state index contributed by atoms with van der Waals surface area (Å²) in [6, 6.07) is 3.99. The van der Waals surface area contributed by atoms with Crippen LogP contribution in [-0.2, 0) is 17.7 Å². The van der Waals surface area contributed by atoms with Gasteiger partial charge >= 0.3 is 5.97 Å². The van der Waals surface area contributed by atoms with Gasteiger partial charge in [-0.2, -0.15) is 5.10 Å². The Hall–Kier alpha value is -2.37. The Morgan fingerprint density at radius 2 is 2.06 bits per heavy atom. The SMILES string of the molecule is CCOC(=O)c1nn(CCC2CCC(Oc3ncccc3C)CC2)c2c1[C@@H]1[C@H](C)[C@@H]1C2. The average Bonchev–Trinajstić information content (AvgIpc) is 3.10. The van der Waals surface area contributed by atoms with Crippen LogP contribution in [0.5, 0.6) is 5.88 Å². The number of hydrogen-bond donors (Lipinski definition) is 0. The van der Waals surface area contributed by atoms with Gasteiger partial charge in [0, 0.05) is 29.6 Å². The molecule has 6 nitrogen and oxygen atoms in total. The van der Waals surface area contributed by atoms with Crippen molar-refractivity contribution < 1.29 is 14.3 Å². The minimum absolute atomic E-state index is 0.250. The molecule has 0 N–H and O–H groups in total. The highest BCUT2D eigenvalue weighted by molar-refractivity contribution is 5.90. The van der Waals surface area contributed by atoms with Gasteiger partial charge < -0.3 is 9.47 Å². The zero-order valence-corrected chi connectivity index (χ0v) is 18.8. The first-order valence-corrected chi connectivity index (χ1v) is 11.9. The summed E-state index contributed by atoms with van der Waals surface area (Å²) in [5.74, 6) is 3.11. The van der Waals surface area contributed by atoms with Crippen LogP contribution in [0.15, 0.2) is 18.3 Å². The normalized spacial score (nSPS) is 28.7. The number of fused-ring (bicyclic) bond motifs is 3. The number of carbonyl (C=O) groups is 1. The zero-order valence-electron chi connectivity index (χ0n) is 18.8. The Balaban J connectivity index is 1.18. The third-order valence-electron chi connectivity index (χ3n) is 7.67. The smallest absolute Gasteiger partial charge is 0.359 e. The predicted molar refractivity (Wildman–Crippen MR) is 117 cm³/mol. The maximum atomic E-state index is 12.5. The molecule has 2 aromatic heterocycles. The standard InChI is InChI=1S/C25H33N3O3/c1-4-30-25(29)23-22-20(14-19-16(3)21(19)22)28(27-23)13-11-17-7-9-18(10-8-17)31-24-15(2)6-5-12-26-24/h5-6,12,16-19,21H,4,7-11,13-14H2,1-3H3/t16-,17?,18?,19+,21-/m1/s1. The number of hydrogen-bond acceptors (Lipinski definition) is 5. The Morgan fingerprint density at radius 3 is 2.81 bits per heavy atom. The van der Waals surface area contributed by atoms with Crippen molar-refractivity contribution in [3.63, 3.8) is 0 Å². The molecular weight excluding hydrogens is 390 g/mol. The molecule has 0 radical (unpaired) electrons. The maximum Gasteiger partial charge on any atom is 0.359 e. The highest BCUT2D eigenvalue weighted by Gasteiger charge is 2.56. The molecule has 5 rings (SSSR count). The second kappa shape index (κ2) is 8.29. The number of esters is 1. The molecule has 0 bridgehead atoms. The quantitative estimate of drug-likeness (QED) is 0.604. The van der Waals surface area contributed by atoms with E-state index in [1.165, 1.54) is 24.1 Å². The molecule has 2 saturated carbocycles. The second-order valence-electron chi connectivity index (χ2n) is 9.58. The van der Waals surface area contributed by atoms with Crippen LogP contribution in [0, 0.1) is 24.7 Å².